The topological polar surface area (TPSA) is 23.8 Å². The maximum Gasteiger partial charge on any atom is 0.334 e. The highest BCUT2D eigenvalue weighted by Gasteiger charge is 1.98. The van der Waals surface area contributed by atoms with E-state index in [9.17, 15) is 17.6 Å². The molecule has 5 heteroatoms. The first-order valence-corrected chi connectivity index (χ1v) is 1.73. The monoisotopic (exact) mass is 141 g/mol. The Morgan fingerprint density at radius 3 is 1.22 bits per heavy atom. The van der Waals surface area contributed by atoms with Crippen LogP contribution in [0.2, 0.25) is 0 Å². The lowest BCUT2D eigenvalue weighted by molar-refractivity contribution is 0.308. The number of nitriles is 1. The van der Waals surface area contributed by atoms with Gasteiger partial charge < -0.3 is 0 Å². The van der Waals surface area contributed by atoms with Crippen molar-refractivity contribution in [1.29, 1.82) is 5.26 Å². The Hall–Kier alpha value is -1.05. The molecule has 0 N–H and O–H groups in total. The molecule has 0 saturated carbocycles. The van der Waals surface area contributed by atoms with Crippen LogP contribution in [0.25, 0.3) is 0 Å². The zero-order chi connectivity index (χ0) is 7.86. The molecular weight excluding hydrogens is 138 g/mol. The summed E-state index contributed by atoms with van der Waals surface area (Å²) in [5.41, 5.74) is 0. The molecule has 1 nitrogen and oxygen atoms in total. The molecule has 0 spiro atoms. The predicted molar refractivity (Wildman–Crippen MR) is 22.7 cm³/mol. The van der Waals surface area contributed by atoms with Crippen molar-refractivity contribution in [2.24, 2.45) is 0 Å². The average molecular weight is 141 g/mol. The molecule has 0 bridgehead atoms. The molecule has 9 heavy (non-hydrogen) atoms. The fourth-order valence-electron chi connectivity index (χ4n) is 0. The number of hydrogen-bond donors (Lipinski definition) is 0. The summed E-state index contributed by atoms with van der Waals surface area (Å²) in [6.07, 6.45) is -5.81. The Labute approximate surface area is 49.2 Å². The molecule has 52 valence electrons. The lowest BCUT2D eigenvalue weighted by Crippen LogP contribution is -1.56. The van der Waals surface area contributed by atoms with E-state index < -0.39 is 12.2 Å². The minimum Gasteiger partial charge on any atom is -0.199 e. The van der Waals surface area contributed by atoms with Gasteiger partial charge in [0.1, 0.15) is 0 Å². The van der Waals surface area contributed by atoms with Gasteiger partial charge in [-0.3, -0.25) is 0 Å². The van der Waals surface area contributed by atoms with Crippen LogP contribution in [0.1, 0.15) is 6.92 Å². The highest BCUT2D eigenvalue weighted by Crippen LogP contribution is 2.08. The lowest BCUT2D eigenvalue weighted by atomic mass is 11.0. The quantitative estimate of drug-likeness (QED) is 0.475. The third-order valence-corrected chi connectivity index (χ3v) is 0.143. The third kappa shape index (κ3) is 19.6. The maximum atomic E-state index is 10.3. The minimum absolute atomic E-state index is 1.43. The van der Waals surface area contributed by atoms with Crippen molar-refractivity contribution in [3.8, 4) is 6.07 Å². The van der Waals surface area contributed by atoms with Crippen molar-refractivity contribution in [3.63, 3.8) is 0 Å². The van der Waals surface area contributed by atoms with Gasteiger partial charge in [0, 0.05) is 6.92 Å². The van der Waals surface area contributed by atoms with Crippen molar-refractivity contribution in [2.45, 2.75) is 6.92 Å². The first-order valence-electron chi connectivity index (χ1n) is 1.73. The largest absolute Gasteiger partial charge is 0.334 e. The summed E-state index contributed by atoms with van der Waals surface area (Å²) in [6, 6.07) is 1.75. The van der Waals surface area contributed by atoms with E-state index in [0.717, 1.165) is 0 Å². The van der Waals surface area contributed by atoms with Crippen LogP contribution in [0.4, 0.5) is 17.6 Å². The average Bonchev–Trinajstić information content (AvgIpc) is 1.68. The molecule has 0 radical (unpaired) electrons. The van der Waals surface area contributed by atoms with Crippen LogP contribution in [-0.2, 0) is 0 Å². The van der Waals surface area contributed by atoms with Crippen LogP contribution in [0.15, 0.2) is 12.2 Å². The molecule has 0 saturated heterocycles. The summed E-state index contributed by atoms with van der Waals surface area (Å²) >= 11 is 0. The second-order valence-electron chi connectivity index (χ2n) is 0.744. The molecule has 0 fully saturated rings. The molecule has 0 amide bonds. The second kappa shape index (κ2) is 6.95. The smallest absolute Gasteiger partial charge is 0.199 e. The van der Waals surface area contributed by atoms with Crippen LogP contribution in [0.3, 0.4) is 0 Å². The van der Waals surface area contributed by atoms with Crippen molar-refractivity contribution in [1.82, 2.24) is 0 Å². The number of rotatable bonds is 0. The maximum absolute atomic E-state index is 10.3. The first-order chi connectivity index (χ1) is 4.06. The van der Waals surface area contributed by atoms with Gasteiger partial charge in [-0.25, -0.2) is 0 Å². The third-order valence-electron chi connectivity index (χ3n) is 0.143. The minimum atomic E-state index is -2.91. The molecule has 0 atom stereocenters. The summed E-state index contributed by atoms with van der Waals surface area (Å²) in [7, 11) is 0. The van der Waals surface area contributed by atoms with Gasteiger partial charge in [-0.15, -0.1) is 0 Å². The van der Waals surface area contributed by atoms with Gasteiger partial charge in [0.05, 0.1) is 6.07 Å². The number of hydrogen-bond acceptors (Lipinski definition) is 1. The molecule has 0 aliphatic rings. The van der Waals surface area contributed by atoms with Crippen molar-refractivity contribution in [2.75, 3.05) is 0 Å². The second-order valence-corrected chi connectivity index (χ2v) is 0.744. The zero-order valence-corrected chi connectivity index (χ0v) is 4.46. The summed E-state index contributed by atoms with van der Waals surface area (Å²) < 4.78 is 41.1. The molecule has 0 aromatic carbocycles. The van der Waals surface area contributed by atoms with Crippen LogP contribution in [0.5, 0.6) is 0 Å². The molecular formula is C4H3F4N. The van der Waals surface area contributed by atoms with E-state index >= 15 is 0 Å². The van der Waals surface area contributed by atoms with Crippen molar-refractivity contribution >= 4 is 0 Å². The van der Waals surface area contributed by atoms with E-state index in [4.69, 9.17) is 5.26 Å². The molecule has 0 heterocycles. The van der Waals surface area contributed by atoms with Crippen LogP contribution >= 0.6 is 0 Å². The van der Waals surface area contributed by atoms with Gasteiger partial charge in [-0.2, -0.15) is 22.8 Å². The normalized spacial score (nSPS) is 6.22. The van der Waals surface area contributed by atoms with E-state index in [1.807, 2.05) is 0 Å². The van der Waals surface area contributed by atoms with E-state index in [1.165, 1.54) is 6.92 Å². The van der Waals surface area contributed by atoms with Crippen molar-refractivity contribution < 1.29 is 17.6 Å². The molecule has 0 aromatic rings. The van der Waals surface area contributed by atoms with Gasteiger partial charge in [0.15, 0.2) is 0 Å². The number of nitrogens with zero attached hydrogens (tertiary/aromatic N) is 1. The Balaban J connectivity index is 0. The summed E-state index contributed by atoms with van der Waals surface area (Å²) in [5, 5.41) is 7.32. The standard InChI is InChI=1S/C2F4.C2H3N/c3-1(4)2(5)6;1-2-3/h;1H3. The van der Waals surface area contributed by atoms with Crippen LogP contribution in [0, 0.1) is 11.3 Å². The summed E-state index contributed by atoms with van der Waals surface area (Å²) in [4.78, 5) is 0. The fraction of sp³-hybridized carbons (Fsp3) is 0.250. The first kappa shape index (κ1) is 10.8. The van der Waals surface area contributed by atoms with Gasteiger partial charge in [-0.1, -0.05) is 0 Å². The Morgan fingerprint density at radius 2 is 1.22 bits per heavy atom. The van der Waals surface area contributed by atoms with E-state index in [2.05, 4.69) is 0 Å². The lowest BCUT2D eigenvalue weighted by Gasteiger charge is -1.69. The van der Waals surface area contributed by atoms with Crippen LogP contribution in [-0.4, -0.2) is 0 Å². The summed E-state index contributed by atoms with van der Waals surface area (Å²) in [5.74, 6) is 0. The Bertz CT molecular complexity index is 116. The molecule has 0 rings (SSSR count). The van der Waals surface area contributed by atoms with Gasteiger partial charge in [-0.05, 0) is 0 Å². The van der Waals surface area contributed by atoms with Gasteiger partial charge in [0.2, 0.25) is 0 Å². The van der Waals surface area contributed by atoms with Gasteiger partial charge in [0.25, 0.3) is 0 Å². The van der Waals surface area contributed by atoms with E-state index in [-0.39, 0.29) is 0 Å². The van der Waals surface area contributed by atoms with Crippen LogP contribution < -0.4 is 0 Å². The Kier molecular flexibility index (Phi) is 8.38. The predicted octanol–water partition coefficient (Wildman–Crippen LogP) is 2.52. The molecule has 0 unspecified atom stereocenters. The zero-order valence-electron chi connectivity index (χ0n) is 4.46. The number of halogens is 4. The van der Waals surface area contributed by atoms with E-state index in [1.54, 1.807) is 6.07 Å². The SMILES string of the molecule is CC#N.FC(F)=C(F)F. The molecule has 0 aliphatic heterocycles. The highest BCUT2D eigenvalue weighted by atomic mass is 19.3. The fourth-order valence-corrected chi connectivity index (χ4v) is 0. The van der Waals surface area contributed by atoms with Crippen molar-refractivity contribution in [3.05, 3.63) is 12.2 Å². The summed E-state index contributed by atoms with van der Waals surface area (Å²) in [6.45, 7) is 1.43. The molecule has 0 aliphatic carbocycles. The molecule has 0 aromatic heterocycles. The highest BCUT2D eigenvalue weighted by molar-refractivity contribution is 4.77. The Morgan fingerprint density at radius 1 is 1.11 bits per heavy atom. The van der Waals surface area contributed by atoms with Gasteiger partial charge >= 0.3 is 12.2 Å². The van der Waals surface area contributed by atoms with E-state index in [0.29, 0.717) is 0 Å².